The van der Waals surface area contributed by atoms with E-state index in [0.29, 0.717) is 42.2 Å². The zero-order valence-corrected chi connectivity index (χ0v) is 23.8. The Balaban J connectivity index is 1.49. The third-order valence-corrected chi connectivity index (χ3v) is 7.83. The molecule has 0 aliphatic carbocycles. The number of ether oxygens (including phenoxy) is 1. The molecule has 8 heteroatoms. The predicted molar refractivity (Wildman–Crippen MR) is 165 cm³/mol. The molecule has 0 fully saturated rings. The highest BCUT2D eigenvalue weighted by atomic mass is 16.5. The van der Waals surface area contributed by atoms with Crippen molar-refractivity contribution in [1.29, 1.82) is 0 Å². The Hall–Kier alpha value is -5.11. The lowest BCUT2D eigenvalue weighted by molar-refractivity contribution is 0.0698. The molecule has 2 N–H and O–H groups in total. The fraction of sp³-hybridized carbons (Fsp3) is 0.206. The minimum atomic E-state index is -1.00. The van der Waals surface area contributed by atoms with E-state index in [9.17, 15) is 14.7 Å². The number of hydrogen-bond donors (Lipinski definition) is 2. The van der Waals surface area contributed by atoms with E-state index in [1.54, 1.807) is 35.9 Å². The Bertz CT molecular complexity index is 1840. The van der Waals surface area contributed by atoms with Crippen molar-refractivity contribution < 1.29 is 14.6 Å². The van der Waals surface area contributed by atoms with Crippen molar-refractivity contribution >= 4 is 28.5 Å². The molecule has 0 saturated carbocycles. The van der Waals surface area contributed by atoms with Crippen LogP contribution in [-0.4, -0.2) is 27.7 Å². The average Bonchev–Trinajstić information content (AvgIpc) is 3.43. The zero-order chi connectivity index (χ0) is 29.4. The second-order valence-corrected chi connectivity index (χ2v) is 10.7. The van der Waals surface area contributed by atoms with Gasteiger partial charge in [0.25, 0.3) is 5.56 Å². The molecule has 1 aliphatic rings. The van der Waals surface area contributed by atoms with Crippen LogP contribution in [0.3, 0.4) is 0 Å². The Morgan fingerprint density at radius 2 is 1.67 bits per heavy atom. The summed E-state index contributed by atoms with van der Waals surface area (Å²) >= 11 is 0. The number of carboxylic acid groups (broad SMARTS) is 1. The van der Waals surface area contributed by atoms with Crippen molar-refractivity contribution in [2.24, 2.45) is 0 Å². The van der Waals surface area contributed by atoms with Crippen LogP contribution in [0.25, 0.3) is 10.9 Å². The Morgan fingerprint density at radius 1 is 1.00 bits per heavy atom. The molecule has 1 aromatic heterocycles. The summed E-state index contributed by atoms with van der Waals surface area (Å²) in [6, 6.07) is 26.4. The number of carboxylic acids is 1. The number of nitrogens with zero attached hydrogens (tertiary/aromatic N) is 3. The van der Waals surface area contributed by atoms with E-state index < -0.39 is 5.97 Å². The van der Waals surface area contributed by atoms with Gasteiger partial charge in [0.1, 0.15) is 5.75 Å². The molecule has 0 saturated heterocycles. The number of aromatic nitrogens is 2. The number of fused-ring (bicyclic) bond motifs is 2. The second kappa shape index (κ2) is 11.0. The largest absolute Gasteiger partial charge is 0.497 e. The number of carbonyl (C=O) groups is 1. The molecule has 6 rings (SSSR count). The van der Waals surface area contributed by atoms with Gasteiger partial charge in [-0.25, -0.2) is 9.78 Å². The molecule has 0 spiro atoms. The van der Waals surface area contributed by atoms with Crippen molar-refractivity contribution in [3.05, 3.63) is 129 Å². The van der Waals surface area contributed by atoms with Gasteiger partial charge in [-0.3, -0.25) is 9.36 Å². The maximum absolute atomic E-state index is 14.3. The zero-order valence-electron chi connectivity index (χ0n) is 23.8. The van der Waals surface area contributed by atoms with E-state index in [-0.39, 0.29) is 17.2 Å². The van der Waals surface area contributed by atoms with Crippen molar-refractivity contribution in [3.8, 4) is 5.75 Å². The lowest BCUT2D eigenvalue weighted by Gasteiger charge is -2.24. The summed E-state index contributed by atoms with van der Waals surface area (Å²) in [4.78, 5) is 33.5. The third-order valence-electron chi connectivity index (χ3n) is 7.83. The van der Waals surface area contributed by atoms with Gasteiger partial charge < -0.3 is 20.1 Å². The monoisotopic (exact) mass is 560 g/mol. The Kier molecular flexibility index (Phi) is 7.12. The minimum absolute atomic E-state index is 0.120. The van der Waals surface area contributed by atoms with E-state index in [4.69, 9.17) is 9.72 Å². The van der Waals surface area contributed by atoms with E-state index in [0.717, 1.165) is 22.4 Å². The first-order chi connectivity index (χ1) is 20.3. The van der Waals surface area contributed by atoms with Crippen molar-refractivity contribution in [1.82, 2.24) is 9.55 Å². The van der Waals surface area contributed by atoms with Crippen LogP contribution < -0.4 is 20.5 Å². The lowest BCUT2D eigenvalue weighted by Crippen LogP contribution is -2.31. The van der Waals surface area contributed by atoms with Gasteiger partial charge in [0.2, 0.25) is 5.95 Å². The molecule has 8 nitrogen and oxygen atoms in total. The normalized spacial score (nSPS) is 13.2. The van der Waals surface area contributed by atoms with Crippen molar-refractivity contribution in [2.75, 3.05) is 17.3 Å². The number of aryl methyl sites for hydroxylation is 1. The standard InChI is InChI=1S/C34H32N4O4/c1-21-16-28(22(2)35-30-11-7-6-10-27(30)33(40)41)31-29(17-21)32(39)38(18-23-12-14-26(42-3)15-13-23)34(36-31)37-19-24-8-4-5-9-25(24)20-37/h4-17,22,35H,18-20H2,1-3H3,(H,40,41). The topological polar surface area (TPSA) is 96.7 Å². The van der Waals surface area contributed by atoms with Crippen molar-refractivity contribution in [2.45, 2.75) is 39.5 Å². The summed E-state index contributed by atoms with van der Waals surface area (Å²) in [6.07, 6.45) is 0. The number of aromatic carboxylic acids is 1. The van der Waals surface area contributed by atoms with Crippen LogP contribution >= 0.6 is 0 Å². The van der Waals surface area contributed by atoms with Crippen LogP contribution in [0.2, 0.25) is 0 Å². The maximum atomic E-state index is 14.3. The SMILES string of the molecule is COc1ccc(Cn2c(N3Cc4ccccc4C3)nc3c(C(C)Nc4ccccc4C(=O)O)cc(C)cc3c2=O)cc1. The highest BCUT2D eigenvalue weighted by Gasteiger charge is 2.26. The maximum Gasteiger partial charge on any atom is 0.337 e. The van der Waals surface area contributed by atoms with Crippen LogP contribution in [0, 0.1) is 6.92 Å². The molecule has 4 aromatic carbocycles. The first-order valence-corrected chi connectivity index (χ1v) is 13.9. The number of hydrogen-bond acceptors (Lipinski definition) is 6. The number of benzene rings is 4. The predicted octanol–water partition coefficient (Wildman–Crippen LogP) is 6.15. The molecule has 0 radical (unpaired) electrons. The lowest BCUT2D eigenvalue weighted by atomic mass is 10.0. The molecule has 1 aliphatic heterocycles. The first kappa shape index (κ1) is 27.1. The Labute approximate surface area is 243 Å². The molecular formula is C34H32N4O4. The fourth-order valence-corrected chi connectivity index (χ4v) is 5.70. The number of methoxy groups -OCH3 is 1. The van der Waals surface area contributed by atoms with Crippen LogP contribution in [0.15, 0.2) is 89.7 Å². The van der Waals surface area contributed by atoms with Gasteiger partial charge in [-0.2, -0.15) is 0 Å². The van der Waals surface area contributed by atoms with Gasteiger partial charge >= 0.3 is 5.97 Å². The molecule has 2 heterocycles. The summed E-state index contributed by atoms with van der Waals surface area (Å²) in [5.41, 5.74) is 6.33. The number of para-hydroxylation sites is 1. The fourth-order valence-electron chi connectivity index (χ4n) is 5.70. The molecular weight excluding hydrogens is 528 g/mol. The summed E-state index contributed by atoms with van der Waals surface area (Å²) in [7, 11) is 1.63. The van der Waals surface area contributed by atoms with Crippen LogP contribution in [-0.2, 0) is 19.6 Å². The van der Waals surface area contributed by atoms with Crippen molar-refractivity contribution in [3.63, 3.8) is 0 Å². The van der Waals surface area contributed by atoms with E-state index in [1.807, 2.05) is 62.4 Å². The van der Waals surface area contributed by atoms with Crippen LogP contribution in [0.5, 0.6) is 5.75 Å². The van der Waals surface area contributed by atoms with Crippen LogP contribution in [0.4, 0.5) is 11.6 Å². The molecule has 212 valence electrons. The summed E-state index contributed by atoms with van der Waals surface area (Å²) in [5.74, 6) is 0.349. The summed E-state index contributed by atoms with van der Waals surface area (Å²) in [6.45, 7) is 5.58. The van der Waals surface area contributed by atoms with E-state index in [1.165, 1.54) is 11.1 Å². The van der Waals surface area contributed by atoms with Gasteiger partial charge in [0, 0.05) is 24.3 Å². The number of nitrogens with one attached hydrogen (secondary N) is 1. The van der Waals surface area contributed by atoms with E-state index in [2.05, 4.69) is 22.3 Å². The summed E-state index contributed by atoms with van der Waals surface area (Å²) in [5, 5.41) is 13.6. The number of rotatable bonds is 8. The van der Waals surface area contributed by atoms with E-state index >= 15 is 0 Å². The number of anilines is 2. The minimum Gasteiger partial charge on any atom is -0.497 e. The average molecular weight is 561 g/mol. The molecule has 42 heavy (non-hydrogen) atoms. The highest BCUT2D eigenvalue weighted by molar-refractivity contribution is 5.94. The molecule has 0 amide bonds. The van der Waals surface area contributed by atoms with Gasteiger partial charge in [-0.15, -0.1) is 0 Å². The Morgan fingerprint density at radius 3 is 2.33 bits per heavy atom. The smallest absolute Gasteiger partial charge is 0.337 e. The summed E-state index contributed by atoms with van der Waals surface area (Å²) < 4.78 is 7.09. The van der Waals surface area contributed by atoms with Gasteiger partial charge in [0.15, 0.2) is 0 Å². The van der Waals surface area contributed by atoms with Gasteiger partial charge in [-0.1, -0.05) is 54.6 Å². The molecule has 1 unspecified atom stereocenters. The quantitative estimate of drug-likeness (QED) is 0.235. The van der Waals surface area contributed by atoms with Gasteiger partial charge in [-0.05, 0) is 66.4 Å². The first-order valence-electron chi connectivity index (χ1n) is 13.9. The second-order valence-electron chi connectivity index (χ2n) is 10.7. The van der Waals surface area contributed by atoms with Crippen LogP contribution in [0.1, 0.15) is 51.1 Å². The molecule has 1 atom stereocenters. The molecule has 0 bridgehead atoms. The van der Waals surface area contributed by atoms with Gasteiger partial charge in [0.05, 0.1) is 36.2 Å². The third kappa shape index (κ3) is 5.07. The molecule has 5 aromatic rings. The highest BCUT2D eigenvalue weighted by Crippen LogP contribution is 2.32.